The van der Waals surface area contributed by atoms with Gasteiger partial charge in [0.1, 0.15) is 0 Å². The molecule has 0 heterocycles. The first kappa shape index (κ1) is 12.7. The predicted octanol–water partition coefficient (Wildman–Crippen LogP) is 4.03. The fourth-order valence-corrected chi connectivity index (χ4v) is 2.97. The second-order valence-corrected chi connectivity index (χ2v) is 5.41. The maximum atomic E-state index is 14.0. The van der Waals surface area contributed by atoms with E-state index < -0.39 is 0 Å². The van der Waals surface area contributed by atoms with Crippen LogP contribution < -0.4 is 4.74 Å². The van der Waals surface area contributed by atoms with E-state index in [9.17, 15) is 4.39 Å². The molecule has 1 aliphatic rings. The third-order valence-corrected chi connectivity index (χ3v) is 4.49. The zero-order valence-corrected chi connectivity index (χ0v) is 11.0. The summed E-state index contributed by atoms with van der Waals surface area (Å²) in [5, 5.41) is 0.244. The largest absolute Gasteiger partial charge is 0.494 e. The lowest BCUT2D eigenvalue weighted by molar-refractivity contribution is 0.375. The lowest BCUT2D eigenvalue weighted by atomic mass is 9.90. The topological polar surface area (TPSA) is 9.23 Å². The van der Waals surface area contributed by atoms with Crippen LogP contribution in [0.1, 0.15) is 25.3 Å². The number of alkyl halides is 1. The summed E-state index contributed by atoms with van der Waals surface area (Å²) in [4.78, 5) is 0. The molecule has 0 aliphatic heterocycles. The Labute approximate surface area is 107 Å². The Hall–Kier alpha value is -0.760. The van der Waals surface area contributed by atoms with Crippen molar-refractivity contribution in [1.82, 2.24) is 0 Å². The fraction of sp³-hybridized carbons (Fsp3) is 0.571. The molecule has 1 aromatic carbocycles. The molecule has 0 spiro atoms. The quantitative estimate of drug-likeness (QED) is 0.742. The third-order valence-electron chi connectivity index (χ3n) is 3.87. The number of benzene rings is 1. The molecule has 1 fully saturated rings. The van der Waals surface area contributed by atoms with Gasteiger partial charge in [-0.25, -0.2) is 4.39 Å². The highest BCUT2D eigenvalue weighted by Gasteiger charge is 2.31. The van der Waals surface area contributed by atoms with Crippen molar-refractivity contribution in [3.63, 3.8) is 0 Å². The Morgan fingerprint density at radius 1 is 1.41 bits per heavy atom. The standard InChI is InChI=1S/C14H18ClFO/c1-9-10(6-7-12(9)15)8-11-4-3-5-13(17-2)14(11)16/h3-5,9-10,12H,6-8H2,1-2H3. The van der Waals surface area contributed by atoms with Gasteiger partial charge in [-0.05, 0) is 42.7 Å². The Kier molecular flexibility index (Phi) is 3.93. The number of halogens is 2. The lowest BCUT2D eigenvalue weighted by Gasteiger charge is -2.18. The number of hydrogen-bond donors (Lipinski definition) is 0. The Morgan fingerprint density at radius 3 is 2.76 bits per heavy atom. The van der Waals surface area contributed by atoms with Crippen LogP contribution in [0.5, 0.6) is 5.75 Å². The van der Waals surface area contributed by atoms with Gasteiger partial charge >= 0.3 is 0 Å². The van der Waals surface area contributed by atoms with Gasteiger partial charge in [-0.1, -0.05) is 19.1 Å². The average molecular weight is 257 g/mol. The molecule has 0 bridgehead atoms. The Bertz CT molecular complexity index is 394. The molecule has 0 amide bonds. The molecule has 1 nitrogen and oxygen atoms in total. The van der Waals surface area contributed by atoms with Crippen LogP contribution in [-0.4, -0.2) is 12.5 Å². The summed E-state index contributed by atoms with van der Waals surface area (Å²) in [5.74, 6) is 1.05. The summed E-state index contributed by atoms with van der Waals surface area (Å²) in [5.41, 5.74) is 0.743. The highest BCUT2D eigenvalue weighted by molar-refractivity contribution is 6.20. The van der Waals surface area contributed by atoms with Gasteiger partial charge in [-0.3, -0.25) is 0 Å². The van der Waals surface area contributed by atoms with Crippen molar-refractivity contribution < 1.29 is 9.13 Å². The first-order valence-corrected chi connectivity index (χ1v) is 6.52. The molecule has 2 rings (SSSR count). The second kappa shape index (κ2) is 5.26. The van der Waals surface area contributed by atoms with Crippen molar-refractivity contribution in [2.24, 2.45) is 11.8 Å². The van der Waals surface area contributed by atoms with E-state index in [1.54, 1.807) is 6.07 Å². The van der Waals surface area contributed by atoms with Crippen LogP contribution in [0.2, 0.25) is 0 Å². The summed E-state index contributed by atoms with van der Waals surface area (Å²) >= 11 is 6.20. The van der Waals surface area contributed by atoms with E-state index in [4.69, 9.17) is 16.3 Å². The van der Waals surface area contributed by atoms with Gasteiger partial charge < -0.3 is 4.74 Å². The first-order valence-electron chi connectivity index (χ1n) is 6.09. The Morgan fingerprint density at radius 2 is 2.18 bits per heavy atom. The zero-order valence-electron chi connectivity index (χ0n) is 10.2. The number of hydrogen-bond acceptors (Lipinski definition) is 1. The van der Waals surface area contributed by atoms with E-state index in [1.807, 2.05) is 12.1 Å². The van der Waals surface area contributed by atoms with Crippen LogP contribution in [-0.2, 0) is 6.42 Å². The molecule has 0 aromatic heterocycles. The first-order chi connectivity index (χ1) is 8.13. The van der Waals surface area contributed by atoms with Gasteiger partial charge in [0.05, 0.1) is 7.11 Å². The lowest BCUT2D eigenvalue weighted by Crippen LogP contribution is -2.14. The van der Waals surface area contributed by atoms with Gasteiger partial charge in [0, 0.05) is 5.38 Å². The fourth-order valence-electron chi connectivity index (χ4n) is 2.64. The molecule has 3 heteroatoms. The molecule has 1 saturated carbocycles. The van der Waals surface area contributed by atoms with E-state index in [0.717, 1.165) is 24.8 Å². The van der Waals surface area contributed by atoms with E-state index in [2.05, 4.69) is 6.92 Å². The van der Waals surface area contributed by atoms with Gasteiger partial charge in [-0.15, -0.1) is 11.6 Å². The Balaban J connectivity index is 2.14. The van der Waals surface area contributed by atoms with Crippen LogP contribution in [0.25, 0.3) is 0 Å². The van der Waals surface area contributed by atoms with Crippen molar-refractivity contribution in [3.05, 3.63) is 29.6 Å². The third kappa shape index (κ3) is 2.57. The highest BCUT2D eigenvalue weighted by Crippen LogP contribution is 2.38. The molecule has 1 aliphatic carbocycles. The summed E-state index contributed by atoms with van der Waals surface area (Å²) in [7, 11) is 1.50. The van der Waals surface area contributed by atoms with Crippen molar-refractivity contribution >= 4 is 11.6 Å². The highest BCUT2D eigenvalue weighted by atomic mass is 35.5. The number of rotatable bonds is 3. The summed E-state index contributed by atoms with van der Waals surface area (Å²) in [6.45, 7) is 2.16. The van der Waals surface area contributed by atoms with E-state index in [1.165, 1.54) is 7.11 Å². The molecular formula is C14H18ClFO. The molecule has 3 unspecified atom stereocenters. The van der Waals surface area contributed by atoms with Crippen molar-refractivity contribution in [2.45, 2.75) is 31.6 Å². The van der Waals surface area contributed by atoms with E-state index in [0.29, 0.717) is 17.6 Å². The van der Waals surface area contributed by atoms with Gasteiger partial charge in [-0.2, -0.15) is 0 Å². The molecular weight excluding hydrogens is 239 g/mol. The minimum Gasteiger partial charge on any atom is -0.494 e. The monoisotopic (exact) mass is 256 g/mol. The minimum atomic E-state index is -0.222. The van der Waals surface area contributed by atoms with Crippen molar-refractivity contribution in [2.75, 3.05) is 7.11 Å². The van der Waals surface area contributed by atoms with Crippen molar-refractivity contribution in [1.29, 1.82) is 0 Å². The van der Waals surface area contributed by atoms with Gasteiger partial charge in [0.2, 0.25) is 0 Å². The molecule has 0 radical (unpaired) electrons. The maximum Gasteiger partial charge on any atom is 0.168 e. The van der Waals surface area contributed by atoms with Crippen LogP contribution >= 0.6 is 11.6 Å². The molecule has 3 atom stereocenters. The second-order valence-electron chi connectivity index (χ2n) is 4.85. The van der Waals surface area contributed by atoms with Crippen LogP contribution in [0.4, 0.5) is 4.39 Å². The smallest absolute Gasteiger partial charge is 0.168 e. The van der Waals surface area contributed by atoms with Gasteiger partial charge in [0.25, 0.3) is 0 Å². The number of ether oxygens (including phenoxy) is 1. The SMILES string of the molecule is COc1cccc(CC2CCC(Cl)C2C)c1F. The van der Waals surface area contributed by atoms with Gasteiger partial charge in [0.15, 0.2) is 11.6 Å². The van der Waals surface area contributed by atoms with Crippen LogP contribution in [0, 0.1) is 17.7 Å². The van der Waals surface area contributed by atoms with Crippen molar-refractivity contribution in [3.8, 4) is 5.75 Å². The van der Waals surface area contributed by atoms with Crippen LogP contribution in [0.15, 0.2) is 18.2 Å². The minimum absolute atomic E-state index is 0.222. The number of methoxy groups -OCH3 is 1. The molecule has 1 aromatic rings. The zero-order chi connectivity index (χ0) is 12.4. The predicted molar refractivity (Wildman–Crippen MR) is 68.2 cm³/mol. The molecule has 0 saturated heterocycles. The summed E-state index contributed by atoms with van der Waals surface area (Å²) in [6, 6.07) is 5.34. The average Bonchev–Trinajstić information content (AvgIpc) is 2.64. The summed E-state index contributed by atoms with van der Waals surface area (Å²) in [6.07, 6.45) is 2.89. The normalized spacial score (nSPS) is 28.4. The molecule has 17 heavy (non-hydrogen) atoms. The summed E-state index contributed by atoms with van der Waals surface area (Å²) < 4.78 is 19.0. The molecule has 94 valence electrons. The van der Waals surface area contributed by atoms with Crippen LogP contribution in [0.3, 0.4) is 0 Å². The van der Waals surface area contributed by atoms with E-state index in [-0.39, 0.29) is 11.2 Å². The molecule has 0 N–H and O–H groups in total. The van der Waals surface area contributed by atoms with E-state index >= 15 is 0 Å². The maximum absolute atomic E-state index is 14.0.